The molecule has 0 aromatic heterocycles. The molecule has 0 fully saturated rings. The lowest BCUT2D eigenvalue weighted by Crippen LogP contribution is -2.17. The van der Waals surface area contributed by atoms with Gasteiger partial charge in [0, 0.05) is 11.6 Å². The summed E-state index contributed by atoms with van der Waals surface area (Å²) < 4.78 is 5.48. The van der Waals surface area contributed by atoms with Gasteiger partial charge in [-0.05, 0) is 44.4 Å². The zero-order chi connectivity index (χ0) is 12.8. The second-order valence-electron chi connectivity index (χ2n) is 5.06. The van der Waals surface area contributed by atoms with E-state index in [0.717, 1.165) is 18.1 Å². The van der Waals surface area contributed by atoms with E-state index >= 15 is 0 Å². The van der Waals surface area contributed by atoms with Crippen LogP contribution in [0.2, 0.25) is 0 Å². The Morgan fingerprint density at radius 2 is 1.94 bits per heavy atom. The van der Waals surface area contributed by atoms with Crippen LogP contribution in [0.1, 0.15) is 43.9 Å². The minimum Gasteiger partial charge on any atom is -0.496 e. The molecule has 0 heterocycles. The normalized spacial score (nSPS) is 12.8. The van der Waals surface area contributed by atoms with Gasteiger partial charge in [0.05, 0.1) is 7.11 Å². The molecular formula is C15H25NO. The molecule has 0 bridgehead atoms. The number of benzene rings is 1. The average Bonchev–Trinajstić information content (AvgIpc) is 2.30. The number of hydrogen-bond donors (Lipinski definition) is 1. The van der Waals surface area contributed by atoms with Crippen molar-refractivity contribution in [1.82, 2.24) is 5.32 Å². The first-order chi connectivity index (χ1) is 8.08. The van der Waals surface area contributed by atoms with Gasteiger partial charge in [-0.1, -0.05) is 26.0 Å². The molecule has 96 valence electrons. The van der Waals surface area contributed by atoms with E-state index in [1.165, 1.54) is 17.5 Å². The van der Waals surface area contributed by atoms with Crippen molar-refractivity contribution in [3.8, 4) is 5.75 Å². The van der Waals surface area contributed by atoms with Crippen LogP contribution in [-0.2, 0) is 0 Å². The third kappa shape index (κ3) is 4.04. The van der Waals surface area contributed by atoms with E-state index in [-0.39, 0.29) is 0 Å². The monoisotopic (exact) mass is 235 g/mol. The van der Waals surface area contributed by atoms with Crippen LogP contribution in [0.15, 0.2) is 18.2 Å². The molecule has 1 aromatic rings. The Hall–Kier alpha value is -1.02. The van der Waals surface area contributed by atoms with Gasteiger partial charge >= 0.3 is 0 Å². The zero-order valence-corrected chi connectivity index (χ0v) is 11.7. The molecular weight excluding hydrogens is 210 g/mol. The number of methoxy groups -OCH3 is 1. The molecule has 0 saturated heterocycles. The highest BCUT2D eigenvalue weighted by atomic mass is 16.5. The molecule has 1 aromatic carbocycles. The van der Waals surface area contributed by atoms with Gasteiger partial charge in [-0.3, -0.25) is 0 Å². The minimum absolute atomic E-state index is 0.382. The largest absolute Gasteiger partial charge is 0.496 e. The Morgan fingerprint density at radius 3 is 2.47 bits per heavy atom. The van der Waals surface area contributed by atoms with Crippen molar-refractivity contribution in [3.63, 3.8) is 0 Å². The molecule has 0 aliphatic rings. The first-order valence-electron chi connectivity index (χ1n) is 6.40. The van der Waals surface area contributed by atoms with Crippen molar-refractivity contribution in [1.29, 1.82) is 0 Å². The summed E-state index contributed by atoms with van der Waals surface area (Å²) in [5, 5.41) is 3.39. The first kappa shape index (κ1) is 14.0. The highest BCUT2D eigenvalue weighted by molar-refractivity contribution is 5.39. The van der Waals surface area contributed by atoms with Gasteiger partial charge < -0.3 is 10.1 Å². The summed E-state index contributed by atoms with van der Waals surface area (Å²) >= 11 is 0. The van der Waals surface area contributed by atoms with Crippen LogP contribution in [-0.4, -0.2) is 14.2 Å². The van der Waals surface area contributed by atoms with Crippen LogP contribution in [0.25, 0.3) is 0 Å². The predicted octanol–water partition coefficient (Wildman–Crippen LogP) is 3.70. The van der Waals surface area contributed by atoms with Gasteiger partial charge in [-0.25, -0.2) is 0 Å². The van der Waals surface area contributed by atoms with Crippen molar-refractivity contribution >= 4 is 0 Å². The molecule has 0 radical (unpaired) electrons. The van der Waals surface area contributed by atoms with Crippen LogP contribution in [0.4, 0.5) is 0 Å². The Kier molecular flexibility index (Phi) is 5.49. The Bertz CT molecular complexity index is 347. The van der Waals surface area contributed by atoms with Crippen LogP contribution in [0.3, 0.4) is 0 Å². The van der Waals surface area contributed by atoms with Gasteiger partial charge in [0.2, 0.25) is 0 Å². The van der Waals surface area contributed by atoms with Gasteiger partial charge in [-0.2, -0.15) is 0 Å². The summed E-state index contributed by atoms with van der Waals surface area (Å²) in [4.78, 5) is 0. The molecule has 17 heavy (non-hydrogen) atoms. The predicted molar refractivity (Wildman–Crippen MR) is 73.6 cm³/mol. The summed E-state index contributed by atoms with van der Waals surface area (Å²) in [7, 11) is 3.76. The molecule has 0 spiro atoms. The van der Waals surface area contributed by atoms with Gasteiger partial charge in [0.1, 0.15) is 5.75 Å². The van der Waals surface area contributed by atoms with E-state index in [2.05, 4.69) is 44.3 Å². The number of ether oxygens (including phenoxy) is 1. The van der Waals surface area contributed by atoms with E-state index < -0.39 is 0 Å². The third-order valence-electron chi connectivity index (χ3n) is 3.15. The summed E-state index contributed by atoms with van der Waals surface area (Å²) in [5.74, 6) is 1.73. The molecule has 2 nitrogen and oxygen atoms in total. The van der Waals surface area contributed by atoms with Gasteiger partial charge in [-0.15, -0.1) is 0 Å². The zero-order valence-electron chi connectivity index (χ0n) is 11.7. The van der Waals surface area contributed by atoms with Crippen LogP contribution < -0.4 is 10.1 Å². The van der Waals surface area contributed by atoms with Crippen LogP contribution >= 0.6 is 0 Å². The van der Waals surface area contributed by atoms with Crippen molar-refractivity contribution < 1.29 is 4.74 Å². The number of nitrogens with one attached hydrogen (secondary N) is 1. The van der Waals surface area contributed by atoms with Gasteiger partial charge in [0.25, 0.3) is 0 Å². The summed E-state index contributed by atoms with van der Waals surface area (Å²) in [6.45, 7) is 6.62. The topological polar surface area (TPSA) is 21.3 Å². The fourth-order valence-electron chi connectivity index (χ4n) is 2.06. The second-order valence-corrected chi connectivity index (χ2v) is 5.06. The van der Waals surface area contributed by atoms with Crippen molar-refractivity contribution in [3.05, 3.63) is 29.3 Å². The van der Waals surface area contributed by atoms with E-state index in [1.54, 1.807) is 7.11 Å². The standard InChI is InChI=1S/C15H25NO/c1-11(2)6-9-14(16-4)13-8-7-12(3)10-15(13)17-5/h7-8,10-11,14,16H,6,9H2,1-5H3. The third-order valence-corrected chi connectivity index (χ3v) is 3.15. The van der Waals surface area contributed by atoms with Crippen molar-refractivity contribution in [2.24, 2.45) is 5.92 Å². The maximum Gasteiger partial charge on any atom is 0.123 e. The quantitative estimate of drug-likeness (QED) is 0.811. The van der Waals surface area contributed by atoms with E-state index in [9.17, 15) is 0 Å². The number of aryl methyl sites for hydroxylation is 1. The fraction of sp³-hybridized carbons (Fsp3) is 0.600. The van der Waals surface area contributed by atoms with Crippen LogP contribution in [0.5, 0.6) is 5.75 Å². The van der Waals surface area contributed by atoms with E-state index in [1.807, 2.05) is 7.05 Å². The fourth-order valence-corrected chi connectivity index (χ4v) is 2.06. The SMILES string of the molecule is CNC(CCC(C)C)c1ccc(C)cc1OC. The molecule has 1 unspecified atom stereocenters. The lowest BCUT2D eigenvalue weighted by molar-refractivity contribution is 0.392. The summed E-state index contributed by atoms with van der Waals surface area (Å²) in [6, 6.07) is 6.82. The maximum atomic E-state index is 5.48. The first-order valence-corrected chi connectivity index (χ1v) is 6.40. The summed E-state index contributed by atoms with van der Waals surface area (Å²) in [6.07, 6.45) is 2.37. The Morgan fingerprint density at radius 1 is 1.24 bits per heavy atom. The van der Waals surface area contributed by atoms with Crippen molar-refractivity contribution in [2.45, 2.75) is 39.7 Å². The molecule has 0 aliphatic heterocycles. The molecule has 1 atom stereocenters. The molecule has 2 heteroatoms. The van der Waals surface area contributed by atoms with E-state index in [0.29, 0.717) is 6.04 Å². The number of rotatable bonds is 6. The lowest BCUT2D eigenvalue weighted by Gasteiger charge is -2.20. The Labute approximate surface area is 105 Å². The molecule has 0 amide bonds. The van der Waals surface area contributed by atoms with E-state index in [4.69, 9.17) is 4.74 Å². The molecule has 1 N–H and O–H groups in total. The smallest absolute Gasteiger partial charge is 0.123 e. The van der Waals surface area contributed by atoms with Crippen molar-refractivity contribution in [2.75, 3.05) is 14.2 Å². The average molecular weight is 235 g/mol. The summed E-state index contributed by atoms with van der Waals surface area (Å²) in [5.41, 5.74) is 2.51. The molecule has 1 rings (SSSR count). The highest BCUT2D eigenvalue weighted by Gasteiger charge is 2.14. The molecule has 0 saturated carbocycles. The minimum atomic E-state index is 0.382. The Balaban J connectivity index is 2.87. The highest BCUT2D eigenvalue weighted by Crippen LogP contribution is 2.29. The lowest BCUT2D eigenvalue weighted by atomic mass is 9.96. The van der Waals surface area contributed by atoms with Crippen LogP contribution in [0, 0.1) is 12.8 Å². The maximum absolute atomic E-state index is 5.48. The molecule has 0 aliphatic carbocycles. The second kappa shape index (κ2) is 6.65. The number of hydrogen-bond acceptors (Lipinski definition) is 2. The van der Waals surface area contributed by atoms with Gasteiger partial charge in [0.15, 0.2) is 0 Å².